The second-order valence-corrected chi connectivity index (χ2v) is 6.00. The maximum Gasteiger partial charge on any atom is 0.328 e. The van der Waals surface area contributed by atoms with Gasteiger partial charge in [-0.1, -0.05) is 30.3 Å². The molecule has 0 spiro atoms. The number of H-pyrrole nitrogens is 1. The van der Waals surface area contributed by atoms with E-state index in [1.54, 1.807) is 17.5 Å². The van der Waals surface area contributed by atoms with E-state index < -0.39 is 5.69 Å². The van der Waals surface area contributed by atoms with Crippen LogP contribution >= 0.6 is 11.3 Å². The van der Waals surface area contributed by atoms with Gasteiger partial charge in [0.2, 0.25) is 5.91 Å². The van der Waals surface area contributed by atoms with Gasteiger partial charge in [0, 0.05) is 19.2 Å². The smallest absolute Gasteiger partial charge is 0.328 e. The number of hydrogen-bond donors (Lipinski definition) is 2. The zero-order chi connectivity index (χ0) is 16.9. The third-order valence-electron chi connectivity index (χ3n) is 3.45. The van der Waals surface area contributed by atoms with Crippen LogP contribution in [0.4, 0.5) is 0 Å². The number of benzene rings is 1. The molecule has 7 heteroatoms. The molecule has 1 aromatic carbocycles. The van der Waals surface area contributed by atoms with Gasteiger partial charge in [-0.2, -0.15) is 0 Å². The summed E-state index contributed by atoms with van der Waals surface area (Å²) in [5.41, 5.74) is 0.655. The lowest BCUT2D eigenvalue weighted by Crippen LogP contribution is -2.38. The molecule has 2 N–H and O–H groups in total. The first-order valence-corrected chi connectivity index (χ1v) is 8.24. The summed E-state index contributed by atoms with van der Waals surface area (Å²) in [5.74, 6) is -0.277. The van der Waals surface area contributed by atoms with Crippen LogP contribution in [0.1, 0.15) is 5.56 Å². The molecular weight excluding hydrogens is 326 g/mol. The number of amides is 1. The summed E-state index contributed by atoms with van der Waals surface area (Å²) in [6.07, 6.45) is 3.12. The van der Waals surface area contributed by atoms with Crippen molar-refractivity contribution < 1.29 is 4.79 Å². The first-order chi connectivity index (χ1) is 11.6. The minimum Gasteiger partial charge on any atom is -0.351 e. The Bertz CT molecular complexity index is 999. The van der Waals surface area contributed by atoms with Gasteiger partial charge in [-0.25, -0.2) is 4.79 Å². The van der Waals surface area contributed by atoms with Crippen molar-refractivity contribution in [3.63, 3.8) is 0 Å². The molecule has 0 aliphatic rings. The third kappa shape index (κ3) is 3.52. The van der Waals surface area contributed by atoms with Crippen molar-refractivity contribution in [3.8, 4) is 0 Å². The Morgan fingerprint density at radius 2 is 2.00 bits per heavy atom. The summed E-state index contributed by atoms with van der Waals surface area (Å²) < 4.78 is 1.60. The molecule has 0 aliphatic carbocycles. The number of aromatic nitrogens is 2. The maximum absolute atomic E-state index is 12.2. The van der Waals surface area contributed by atoms with Crippen LogP contribution in [0.2, 0.25) is 0 Å². The van der Waals surface area contributed by atoms with Crippen LogP contribution in [0.25, 0.3) is 16.3 Å². The Hall–Kier alpha value is -2.93. The minimum atomic E-state index is -0.472. The third-order valence-corrected chi connectivity index (χ3v) is 4.36. The molecule has 0 fully saturated rings. The molecule has 2 aromatic heterocycles. The fourth-order valence-corrected chi connectivity index (χ4v) is 3.06. The molecule has 0 aliphatic heterocycles. The number of carbonyl (C=O) groups excluding carboxylic acids is 1. The summed E-state index contributed by atoms with van der Waals surface area (Å²) in [5, 5.41) is 4.42. The largest absolute Gasteiger partial charge is 0.351 e. The molecule has 0 atom stereocenters. The van der Waals surface area contributed by atoms with Crippen molar-refractivity contribution in [1.29, 1.82) is 0 Å². The van der Waals surface area contributed by atoms with Crippen LogP contribution in [0.5, 0.6) is 0 Å². The van der Waals surface area contributed by atoms with Gasteiger partial charge in [-0.3, -0.25) is 14.2 Å². The predicted octanol–water partition coefficient (Wildman–Crippen LogP) is 1.58. The quantitative estimate of drug-likeness (QED) is 0.691. The molecule has 0 radical (unpaired) electrons. The number of fused-ring (bicyclic) bond motifs is 1. The molecule has 0 saturated heterocycles. The molecule has 6 nitrogen and oxygen atoms in total. The van der Waals surface area contributed by atoms with Crippen molar-refractivity contribution >= 4 is 33.5 Å². The van der Waals surface area contributed by atoms with E-state index in [9.17, 15) is 14.4 Å². The molecule has 3 rings (SSSR count). The van der Waals surface area contributed by atoms with E-state index in [1.165, 1.54) is 17.4 Å². The van der Waals surface area contributed by atoms with E-state index in [0.717, 1.165) is 10.1 Å². The average Bonchev–Trinajstić information content (AvgIpc) is 3.05. The van der Waals surface area contributed by atoms with Crippen molar-refractivity contribution in [1.82, 2.24) is 14.9 Å². The Morgan fingerprint density at radius 3 is 2.79 bits per heavy atom. The molecule has 0 saturated carbocycles. The number of hydrogen-bond acceptors (Lipinski definition) is 4. The SMILES string of the molecule is O=C(/C=C\c1ccccc1)NCCn1c(=O)[nH]c2ccsc2c1=O. The van der Waals surface area contributed by atoms with Crippen LogP contribution in [-0.2, 0) is 11.3 Å². The van der Waals surface area contributed by atoms with Crippen LogP contribution in [0, 0.1) is 0 Å². The number of rotatable bonds is 5. The first kappa shape index (κ1) is 15.9. The fraction of sp³-hybridized carbons (Fsp3) is 0.118. The lowest BCUT2D eigenvalue weighted by Gasteiger charge is -2.05. The Labute approximate surface area is 141 Å². The number of aromatic amines is 1. The van der Waals surface area contributed by atoms with E-state index in [1.807, 2.05) is 30.3 Å². The van der Waals surface area contributed by atoms with E-state index in [4.69, 9.17) is 0 Å². The summed E-state index contributed by atoms with van der Waals surface area (Å²) in [4.78, 5) is 38.6. The van der Waals surface area contributed by atoms with Crippen LogP contribution < -0.4 is 16.6 Å². The van der Waals surface area contributed by atoms with Gasteiger partial charge < -0.3 is 10.3 Å². The van der Waals surface area contributed by atoms with E-state index in [0.29, 0.717) is 10.2 Å². The zero-order valence-corrected chi connectivity index (χ0v) is 13.5. The van der Waals surface area contributed by atoms with Crippen LogP contribution in [0.15, 0.2) is 57.4 Å². The lowest BCUT2D eigenvalue weighted by atomic mass is 10.2. The summed E-state index contributed by atoms with van der Waals surface area (Å²) in [6.45, 7) is 0.310. The molecule has 2 heterocycles. The van der Waals surface area contributed by atoms with Crippen molar-refractivity contribution in [3.05, 3.63) is 74.3 Å². The highest BCUT2D eigenvalue weighted by molar-refractivity contribution is 7.17. The molecule has 1 amide bonds. The van der Waals surface area contributed by atoms with Crippen LogP contribution in [-0.4, -0.2) is 22.0 Å². The van der Waals surface area contributed by atoms with E-state index >= 15 is 0 Å². The fourth-order valence-electron chi connectivity index (χ4n) is 2.26. The Balaban J connectivity index is 1.62. The van der Waals surface area contributed by atoms with Crippen molar-refractivity contribution in [2.75, 3.05) is 6.54 Å². The van der Waals surface area contributed by atoms with Crippen LogP contribution in [0.3, 0.4) is 0 Å². The molecule has 122 valence electrons. The molecule has 3 aromatic rings. The summed E-state index contributed by atoms with van der Waals surface area (Å²) in [6, 6.07) is 11.1. The predicted molar refractivity (Wildman–Crippen MR) is 95.2 cm³/mol. The van der Waals surface area contributed by atoms with Crippen molar-refractivity contribution in [2.45, 2.75) is 6.54 Å². The normalized spacial score (nSPS) is 11.2. The highest BCUT2D eigenvalue weighted by Gasteiger charge is 2.08. The van der Waals surface area contributed by atoms with Gasteiger partial charge >= 0.3 is 5.69 Å². The average molecular weight is 341 g/mol. The van der Waals surface area contributed by atoms with Gasteiger partial charge in [0.05, 0.1) is 5.52 Å². The number of nitrogens with zero attached hydrogens (tertiary/aromatic N) is 1. The van der Waals surface area contributed by atoms with Gasteiger partial charge in [-0.15, -0.1) is 11.3 Å². The number of thiophene rings is 1. The van der Waals surface area contributed by atoms with Gasteiger partial charge in [0.1, 0.15) is 4.70 Å². The highest BCUT2D eigenvalue weighted by Crippen LogP contribution is 2.11. The topological polar surface area (TPSA) is 84.0 Å². The van der Waals surface area contributed by atoms with E-state index in [-0.39, 0.29) is 24.6 Å². The molecule has 0 bridgehead atoms. The lowest BCUT2D eigenvalue weighted by molar-refractivity contribution is -0.116. The summed E-state index contributed by atoms with van der Waals surface area (Å²) >= 11 is 1.28. The monoisotopic (exact) mass is 341 g/mol. The second-order valence-electron chi connectivity index (χ2n) is 5.09. The second kappa shape index (κ2) is 7.10. The van der Waals surface area contributed by atoms with Gasteiger partial charge in [0.15, 0.2) is 0 Å². The molecule has 24 heavy (non-hydrogen) atoms. The standard InChI is InChI=1S/C17H15N3O3S/c21-14(7-6-12-4-2-1-3-5-12)18-9-10-20-16(22)15-13(8-11-24-15)19-17(20)23/h1-8,11H,9-10H2,(H,18,21)(H,19,23)/b7-6-. The number of nitrogens with one attached hydrogen (secondary N) is 2. The van der Waals surface area contributed by atoms with Crippen molar-refractivity contribution in [2.24, 2.45) is 0 Å². The molecular formula is C17H15N3O3S. The maximum atomic E-state index is 12.2. The Kier molecular flexibility index (Phi) is 4.72. The van der Waals surface area contributed by atoms with Gasteiger partial charge in [0.25, 0.3) is 5.56 Å². The van der Waals surface area contributed by atoms with Gasteiger partial charge in [-0.05, 0) is 23.1 Å². The molecule has 0 unspecified atom stereocenters. The minimum absolute atomic E-state index is 0.118. The number of carbonyl (C=O) groups is 1. The summed E-state index contributed by atoms with van der Waals surface area (Å²) in [7, 11) is 0. The Morgan fingerprint density at radius 1 is 1.21 bits per heavy atom. The first-order valence-electron chi connectivity index (χ1n) is 7.36. The van der Waals surface area contributed by atoms with E-state index in [2.05, 4.69) is 10.3 Å². The highest BCUT2D eigenvalue weighted by atomic mass is 32.1. The zero-order valence-electron chi connectivity index (χ0n) is 12.7.